The monoisotopic (exact) mass is 301 g/mol. The Balaban J connectivity index is 2.31. The van der Waals surface area contributed by atoms with E-state index in [9.17, 15) is 8.42 Å². The van der Waals surface area contributed by atoms with Crippen LogP contribution in [0.15, 0.2) is 53.4 Å². The lowest BCUT2D eigenvalue weighted by Crippen LogP contribution is -2.14. The molecular formula is C16H15NO3S. The summed E-state index contributed by atoms with van der Waals surface area (Å²) >= 11 is 0. The van der Waals surface area contributed by atoms with Gasteiger partial charge in [-0.2, -0.15) is 0 Å². The number of sulfonamides is 1. The fraction of sp³-hybridized carbons (Fsp3) is 0.125. The average molecular weight is 301 g/mol. The van der Waals surface area contributed by atoms with E-state index in [0.717, 1.165) is 0 Å². The maximum Gasteiger partial charge on any atom is 0.262 e. The number of nitrogens with one attached hydrogen (secondary N) is 1. The number of benzene rings is 2. The van der Waals surface area contributed by atoms with Crippen LogP contribution in [0.4, 0.5) is 5.69 Å². The Bertz CT molecular complexity index is 802. The Morgan fingerprint density at radius 1 is 1.14 bits per heavy atom. The van der Waals surface area contributed by atoms with Crippen LogP contribution in [0.25, 0.3) is 0 Å². The molecule has 0 unspecified atom stereocenters. The van der Waals surface area contributed by atoms with Crippen LogP contribution in [-0.4, -0.2) is 20.1 Å². The van der Waals surface area contributed by atoms with E-state index in [4.69, 9.17) is 5.11 Å². The van der Waals surface area contributed by atoms with Gasteiger partial charge in [-0.25, -0.2) is 8.42 Å². The summed E-state index contributed by atoms with van der Waals surface area (Å²) in [7, 11) is -3.63. The molecule has 0 heterocycles. The highest BCUT2D eigenvalue weighted by Crippen LogP contribution is 2.19. The summed E-state index contributed by atoms with van der Waals surface area (Å²) in [6.45, 7) is 1.51. The highest BCUT2D eigenvalue weighted by atomic mass is 32.2. The lowest BCUT2D eigenvalue weighted by atomic mass is 10.2. The zero-order valence-corrected chi connectivity index (χ0v) is 12.3. The Morgan fingerprint density at radius 2 is 1.90 bits per heavy atom. The summed E-state index contributed by atoms with van der Waals surface area (Å²) in [5, 5.41) is 8.68. The highest BCUT2D eigenvalue weighted by molar-refractivity contribution is 7.92. The molecule has 0 aliphatic heterocycles. The maximum atomic E-state index is 12.4. The Kier molecular flexibility index (Phi) is 4.63. The molecule has 0 aliphatic rings. The van der Waals surface area contributed by atoms with Crippen LogP contribution in [0.1, 0.15) is 11.1 Å². The number of hydrogen-bond acceptors (Lipinski definition) is 3. The second-order valence-corrected chi connectivity index (χ2v) is 6.06. The number of rotatable bonds is 3. The van der Waals surface area contributed by atoms with Gasteiger partial charge in [0.1, 0.15) is 6.61 Å². The van der Waals surface area contributed by atoms with Crippen molar-refractivity contribution in [1.29, 1.82) is 0 Å². The first kappa shape index (κ1) is 15.1. The van der Waals surface area contributed by atoms with Gasteiger partial charge in [0.05, 0.1) is 10.6 Å². The smallest absolute Gasteiger partial charge is 0.262 e. The van der Waals surface area contributed by atoms with E-state index in [1.165, 1.54) is 0 Å². The summed E-state index contributed by atoms with van der Waals surface area (Å²) < 4.78 is 27.3. The summed E-state index contributed by atoms with van der Waals surface area (Å²) in [6, 6.07) is 13.5. The minimum absolute atomic E-state index is 0.237. The molecule has 0 aliphatic carbocycles. The van der Waals surface area contributed by atoms with Crippen molar-refractivity contribution in [3.05, 3.63) is 59.7 Å². The first-order chi connectivity index (χ1) is 10.0. The minimum atomic E-state index is -3.63. The van der Waals surface area contributed by atoms with Crippen molar-refractivity contribution in [2.45, 2.75) is 11.8 Å². The van der Waals surface area contributed by atoms with E-state index in [1.807, 2.05) is 0 Å². The zero-order chi connectivity index (χ0) is 15.3. The van der Waals surface area contributed by atoms with E-state index in [2.05, 4.69) is 16.6 Å². The average Bonchev–Trinajstić information content (AvgIpc) is 2.45. The standard InChI is InChI=1S/C16H15NO3S/c1-13-6-2-3-10-16(13)21(19,20)17-15-9-4-7-14(12-15)8-5-11-18/h2-4,6-7,9-10,12,17-18H,11H2,1H3. The molecule has 2 N–H and O–H groups in total. The summed E-state index contributed by atoms with van der Waals surface area (Å²) in [4.78, 5) is 0.247. The highest BCUT2D eigenvalue weighted by Gasteiger charge is 2.16. The first-order valence-corrected chi connectivity index (χ1v) is 7.79. The summed E-state index contributed by atoms with van der Waals surface area (Å²) in [5.74, 6) is 5.26. The molecule has 0 atom stereocenters. The van der Waals surface area contributed by atoms with Gasteiger partial charge in [-0.05, 0) is 36.8 Å². The lowest BCUT2D eigenvalue weighted by molar-refractivity contribution is 0.350. The second-order valence-electron chi connectivity index (χ2n) is 4.41. The third kappa shape index (κ3) is 3.85. The van der Waals surface area contributed by atoms with Gasteiger partial charge >= 0.3 is 0 Å². The van der Waals surface area contributed by atoms with Crippen LogP contribution in [0.2, 0.25) is 0 Å². The predicted molar refractivity (Wildman–Crippen MR) is 82.4 cm³/mol. The van der Waals surface area contributed by atoms with Gasteiger partial charge in [-0.15, -0.1) is 0 Å². The van der Waals surface area contributed by atoms with Crippen molar-refractivity contribution in [2.75, 3.05) is 11.3 Å². The molecule has 0 radical (unpaired) electrons. The molecule has 0 bridgehead atoms. The number of aliphatic hydroxyl groups is 1. The van der Waals surface area contributed by atoms with Crippen molar-refractivity contribution in [1.82, 2.24) is 0 Å². The van der Waals surface area contributed by atoms with Crippen LogP contribution in [0.3, 0.4) is 0 Å². The van der Waals surface area contributed by atoms with Crippen LogP contribution in [-0.2, 0) is 10.0 Å². The maximum absolute atomic E-state index is 12.4. The van der Waals surface area contributed by atoms with E-state index in [1.54, 1.807) is 55.5 Å². The van der Waals surface area contributed by atoms with Crippen molar-refractivity contribution >= 4 is 15.7 Å². The summed E-state index contributed by atoms with van der Waals surface area (Å²) in [5.41, 5.74) is 1.75. The van der Waals surface area contributed by atoms with Crippen LogP contribution < -0.4 is 4.72 Å². The molecule has 0 aromatic heterocycles. The first-order valence-electron chi connectivity index (χ1n) is 6.31. The summed E-state index contributed by atoms with van der Waals surface area (Å²) in [6.07, 6.45) is 0. The predicted octanol–water partition coefficient (Wildman–Crippen LogP) is 2.14. The van der Waals surface area contributed by atoms with Crippen LogP contribution in [0.5, 0.6) is 0 Å². The molecule has 108 valence electrons. The molecule has 0 saturated carbocycles. The zero-order valence-electron chi connectivity index (χ0n) is 11.5. The molecule has 0 amide bonds. The van der Waals surface area contributed by atoms with Gasteiger partial charge < -0.3 is 5.11 Å². The van der Waals surface area contributed by atoms with E-state index in [-0.39, 0.29) is 11.5 Å². The molecule has 0 fully saturated rings. The van der Waals surface area contributed by atoms with Crippen molar-refractivity contribution in [3.8, 4) is 11.8 Å². The number of aryl methyl sites for hydroxylation is 1. The molecule has 2 aromatic rings. The number of aliphatic hydroxyl groups excluding tert-OH is 1. The molecule has 2 rings (SSSR count). The van der Waals surface area contributed by atoms with Gasteiger partial charge in [-0.3, -0.25) is 4.72 Å². The Morgan fingerprint density at radius 3 is 2.62 bits per heavy atom. The molecule has 0 saturated heterocycles. The molecule has 21 heavy (non-hydrogen) atoms. The van der Waals surface area contributed by atoms with Crippen LogP contribution in [0, 0.1) is 18.8 Å². The quantitative estimate of drug-likeness (QED) is 0.854. The molecule has 0 spiro atoms. The normalized spacial score (nSPS) is 10.6. The molecule has 5 heteroatoms. The van der Waals surface area contributed by atoms with Gasteiger partial charge in [0.2, 0.25) is 0 Å². The molecule has 4 nitrogen and oxygen atoms in total. The number of anilines is 1. The largest absolute Gasteiger partial charge is 0.384 e. The topological polar surface area (TPSA) is 66.4 Å². The van der Waals surface area contributed by atoms with Crippen molar-refractivity contribution < 1.29 is 13.5 Å². The van der Waals surface area contributed by atoms with Crippen molar-refractivity contribution in [3.63, 3.8) is 0 Å². The minimum Gasteiger partial charge on any atom is -0.384 e. The molecular weight excluding hydrogens is 286 g/mol. The second kappa shape index (κ2) is 6.44. The van der Waals surface area contributed by atoms with Gasteiger partial charge in [0, 0.05) is 5.56 Å². The van der Waals surface area contributed by atoms with E-state index in [0.29, 0.717) is 16.8 Å². The van der Waals surface area contributed by atoms with Gasteiger partial charge in [0.25, 0.3) is 10.0 Å². The fourth-order valence-corrected chi connectivity index (χ4v) is 3.17. The lowest BCUT2D eigenvalue weighted by Gasteiger charge is -2.10. The van der Waals surface area contributed by atoms with Gasteiger partial charge in [0.15, 0.2) is 0 Å². The SMILES string of the molecule is Cc1ccccc1S(=O)(=O)Nc1cccc(C#CCO)c1. The third-order valence-corrected chi connectivity index (χ3v) is 4.35. The van der Waals surface area contributed by atoms with Gasteiger partial charge in [-0.1, -0.05) is 36.1 Å². The van der Waals surface area contributed by atoms with Crippen molar-refractivity contribution in [2.24, 2.45) is 0 Å². The number of hydrogen-bond donors (Lipinski definition) is 2. The molecule has 2 aromatic carbocycles. The van der Waals surface area contributed by atoms with E-state index < -0.39 is 10.0 Å². The van der Waals surface area contributed by atoms with Crippen LogP contribution >= 0.6 is 0 Å². The fourth-order valence-electron chi connectivity index (χ4n) is 1.87. The Hall–Kier alpha value is -2.29. The third-order valence-electron chi connectivity index (χ3n) is 2.81. The van der Waals surface area contributed by atoms with E-state index >= 15 is 0 Å². The Labute approximate surface area is 124 Å².